The predicted octanol–water partition coefficient (Wildman–Crippen LogP) is 4.21. The van der Waals surface area contributed by atoms with Gasteiger partial charge < -0.3 is 15.2 Å². The third kappa shape index (κ3) is 5.58. The van der Waals surface area contributed by atoms with E-state index in [-0.39, 0.29) is 5.04 Å². The lowest BCUT2D eigenvalue weighted by Crippen LogP contribution is -2.33. The highest BCUT2D eigenvalue weighted by atomic mass is 32.4. The van der Waals surface area contributed by atoms with Crippen LogP contribution in [0.4, 0.5) is 5.69 Å². The highest BCUT2D eigenvalue weighted by molar-refractivity contribution is 8.29. The van der Waals surface area contributed by atoms with Crippen LogP contribution in [0.15, 0.2) is 23.1 Å². The highest BCUT2D eigenvalue weighted by Gasteiger charge is 2.37. The van der Waals surface area contributed by atoms with Gasteiger partial charge in [-0.1, -0.05) is 33.9 Å². The minimum atomic E-state index is -1.65. The van der Waals surface area contributed by atoms with E-state index in [0.29, 0.717) is 5.69 Å². The number of amides is 1. The second kappa shape index (κ2) is 7.40. The van der Waals surface area contributed by atoms with Gasteiger partial charge in [-0.3, -0.25) is 9.59 Å². The maximum Gasteiger partial charge on any atom is 0.312 e. The number of carboxylic acid groups (broad SMARTS) is 1. The van der Waals surface area contributed by atoms with Gasteiger partial charge in [0.05, 0.1) is 7.11 Å². The van der Waals surface area contributed by atoms with Gasteiger partial charge in [-0.05, 0) is 23.2 Å². The van der Waals surface area contributed by atoms with E-state index >= 15 is 0 Å². The SMILES string of the molecule is COc1ccc(NC(=O)CC(=O)O)cc1S[Si](C)(C)C(C)(C)C. The number of carboxylic acids is 1. The first-order valence-electron chi connectivity index (χ1n) is 7.35. The van der Waals surface area contributed by atoms with Crippen LogP contribution in [0, 0.1) is 0 Å². The topological polar surface area (TPSA) is 75.6 Å². The van der Waals surface area contributed by atoms with Crippen molar-refractivity contribution >= 4 is 36.0 Å². The van der Waals surface area contributed by atoms with Crippen molar-refractivity contribution in [1.29, 1.82) is 0 Å². The summed E-state index contributed by atoms with van der Waals surface area (Å²) < 4.78 is 5.42. The van der Waals surface area contributed by atoms with Crippen molar-refractivity contribution in [1.82, 2.24) is 0 Å². The molecule has 7 heteroatoms. The van der Waals surface area contributed by atoms with E-state index in [1.165, 1.54) is 0 Å². The summed E-state index contributed by atoms with van der Waals surface area (Å²) in [5.74, 6) is -0.922. The number of carbonyl (C=O) groups excluding carboxylic acids is 1. The van der Waals surface area contributed by atoms with Crippen molar-refractivity contribution in [3.8, 4) is 5.75 Å². The molecule has 0 radical (unpaired) electrons. The fourth-order valence-corrected chi connectivity index (χ4v) is 5.95. The van der Waals surface area contributed by atoms with Crippen molar-refractivity contribution in [3.05, 3.63) is 18.2 Å². The summed E-state index contributed by atoms with van der Waals surface area (Å²) in [5.41, 5.74) is 0.582. The molecule has 0 unspecified atom stereocenters. The van der Waals surface area contributed by atoms with E-state index in [4.69, 9.17) is 9.84 Å². The molecule has 0 saturated carbocycles. The number of ether oxygens (including phenoxy) is 1. The third-order valence-corrected chi connectivity index (χ3v) is 12.6. The first-order chi connectivity index (χ1) is 10.5. The normalized spacial score (nSPS) is 11.9. The summed E-state index contributed by atoms with van der Waals surface area (Å²) in [4.78, 5) is 23.2. The van der Waals surface area contributed by atoms with E-state index in [1.807, 2.05) is 6.07 Å². The van der Waals surface area contributed by atoms with Gasteiger partial charge in [0.15, 0.2) is 0 Å². The van der Waals surface area contributed by atoms with Gasteiger partial charge in [0.1, 0.15) is 19.4 Å². The van der Waals surface area contributed by atoms with Gasteiger partial charge in [0.2, 0.25) is 5.91 Å². The Morgan fingerprint density at radius 3 is 2.39 bits per heavy atom. The number of rotatable bonds is 6. The molecular weight excluding hydrogens is 330 g/mol. The molecule has 0 bridgehead atoms. The first kappa shape index (κ1) is 19.6. The quantitative estimate of drug-likeness (QED) is 0.590. The molecule has 5 nitrogen and oxygen atoms in total. The molecule has 0 aromatic heterocycles. The molecular formula is C16H25NO4SSi. The number of carbonyl (C=O) groups is 2. The molecule has 0 fully saturated rings. The van der Waals surface area contributed by atoms with Crippen LogP contribution < -0.4 is 10.1 Å². The summed E-state index contributed by atoms with van der Waals surface area (Å²) >= 11 is 1.81. The largest absolute Gasteiger partial charge is 0.496 e. The van der Waals surface area contributed by atoms with Crippen molar-refractivity contribution < 1.29 is 19.4 Å². The minimum Gasteiger partial charge on any atom is -0.496 e. The van der Waals surface area contributed by atoms with Gasteiger partial charge in [0.25, 0.3) is 0 Å². The number of aliphatic carboxylic acids is 1. The Labute approximate surface area is 142 Å². The molecule has 1 aromatic rings. The van der Waals surface area contributed by atoms with E-state index in [2.05, 4.69) is 39.2 Å². The van der Waals surface area contributed by atoms with Crippen LogP contribution in [0.2, 0.25) is 18.1 Å². The predicted molar refractivity (Wildman–Crippen MR) is 96.9 cm³/mol. The molecule has 2 N–H and O–H groups in total. The lowest BCUT2D eigenvalue weighted by Gasteiger charge is -2.36. The molecule has 1 amide bonds. The standard InChI is InChI=1S/C16H25NO4SSi/c1-16(2,3)23(5,6)22-13-9-11(7-8-12(13)21-4)17-14(18)10-15(19)20/h7-9H,10H2,1-6H3,(H,17,18)(H,19,20). The Balaban J connectivity index is 3.04. The summed E-state index contributed by atoms with van der Waals surface area (Å²) in [6.45, 7) is 11.3. The van der Waals surface area contributed by atoms with Crippen molar-refractivity contribution in [2.45, 2.75) is 50.2 Å². The smallest absolute Gasteiger partial charge is 0.312 e. The molecule has 0 heterocycles. The van der Waals surface area contributed by atoms with Crippen LogP contribution in [0.25, 0.3) is 0 Å². The fraction of sp³-hybridized carbons (Fsp3) is 0.500. The summed E-state index contributed by atoms with van der Waals surface area (Å²) in [6, 6.07) is 5.36. The molecule has 0 spiro atoms. The third-order valence-electron chi connectivity index (χ3n) is 3.93. The van der Waals surface area contributed by atoms with Gasteiger partial charge in [-0.2, -0.15) is 0 Å². The van der Waals surface area contributed by atoms with Crippen LogP contribution in [0.1, 0.15) is 27.2 Å². The summed E-state index contributed by atoms with van der Waals surface area (Å²) in [6.07, 6.45) is -0.545. The van der Waals surface area contributed by atoms with E-state index in [1.54, 1.807) is 30.5 Å². The van der Waals surface area contributed by atoms with Gasteiger partial charge in [-0.15, -0.1) is 11.2 Å². The Morgan fingerprint density at radius 1 is 1.30 bits per heavy atom. The number of anilines is 1. The van der Waals surface area contributed by atoms with E-state index in [0.717, 1.165) is 10.6 Å². The molecule has 1 rings (SSSR count). The molecule has 0 aliphatic rings. The monoisotopic (exact) mass is 355 g/mol. The summed E-state index contributed by atoms with van der Waals surface area (Å²) in [7, 11) is -0.0338. The molecule has 0 aliphatic heterocycles. The Kier molecular flexibility index (Phi) is 6.30. The maximum atomic E-state index is 11.6. The zero-order valence-electron chi connectivity index (χ0n) is 14.5. The number of methoxy groups -OCH3 is 1. The van der Waals surface area contributed by atoms with Gasteiger partial charge in [-0.25, -0.2) is 0 Å². The minimum absolute atomic E-state index is 0.200. The van der Waals surface area contributed by atoms with Crippen LogP contribution in [0.5, 0.6) is 5.75 Å². The Morgan fingerprint density at radius 2 is 1.91 bits per heavy atom. The molecule has 0 aliphatic carbocycles. The van der Waals surface area contributed by atoms with Crippen LogP contribution in [-0.4, -0.2) is 31.3 Å². The van der Waals surface area contributed by atoms with Crippen molar-refractivity contribution in [2.75, 3.05) is 12.4 Å². The zero-order valence-corrected chi connectivity index (χ0v) is 16.3. The lowest BCUT2D eigenvalue weighted by atomic mass is 10.2. The van der Waals surface area contributed by atoms with Crippen molar-refractivity contribution in [3.63, 3.8) is 0 Å². The Hall–Kier alpha value is -1.47. The van der Waals surface area contributed by atoms with Crippen LogP contribution >= 0.6 is 11.2 Å². The number of benzene rings is 1. The molecule has 0 atom stereocenters. The number of hydrogen-bond acceptors (Lipinski definition) is 4. The zero-order chi connectivity index (χ0) is 17.8. The second-order valence-corrected chi connectivity index (χ2v) is 15.7. The lowest BCUT2D eigenvalue weighted by molar-refractivity contribution is -0.139. The average molecular weight is 356 g/mol. The number of hydrogen-bond donors (Lipinski definition) is 2. The highest BCUT2D eigenvalue weighted by Crippen LogP contribution is 2.48. The first-order valence-corrected chi connectivity index (χ1v) is 11.9. The molecule has 0 saturated heterocycles. The summed E-state index contributed by atoms with van der Waals surface area (Å²) in [5, 5.41) is 11.5. The molecule has 23 heavy (non-hydrogen) atoms. The van der Waals surface area contributed by atoms with Gasteiger partial charge in [0, 0.05) is 10.6 Å². The molecule has 128 valence electrons. The molecule has 1 aromatic carbocycles. The maximum absolute atomic E-state index is 11.6. The number of nitrogens with one attached hydrogen (secondary N) is 1. The fourth-order valence-electron chi connectivity index (χ4n) is 1.60. The van der Waals surface area contributed by atoms with Crippen LogP contribution in [-0.2, 0) is 9.59 Å². The second-order valence-electron chi connectivity index (χ2n) is 6.85. The van der Waals surface area contributed by atoms with Gasteiger partial charge >= 0.3 is 5.97 Å². The average Bonchev–Trinajstić information content (AvgIpc) is 2.36. The van der Waals surface area contributed by atoms with E-state index in [9.17, 15) is 9.59 Å². The van der Waals surface area contributed by atoms with Crippen molar-refractivity contribution in [2.24, 2.45) is 0 Å². The van der Waals surface area contributed by atoms with E-state index < -0.39 is 25.5 Å². The Bertz CT molecular complexity index is 596. The van der Waals surface area contributed by atoms with Crippen LogP contribution in [0.3, 0.4) is 0 Å².